The molecule has 2 rings (SSSR count). The molecule has 0 bridgehead atoms. The van der Waals surface area contributed by atoms with Crippen LogP contribution < -0.4 is 10.6 Å². The lowest BCUT2D eigenvalue weighted by molar-refractivity contribution is -0.130. The van der Waals surface area contributed by atoms with Gasteiger partial charge in [-0.05, 0) is 39.0 Å². The second-order valence-electron chi connectivity index (χ2n) is 5.68. The van der Waals surface area contributed by atoms with Crippen molar-refractivity contribution in [1.29, 1.82) is 0 Å². The van der Waals surface area contributed by atoms with Crippen molar-refractivity contribution >= 4 is 11.8 Å². The number of piperidine rings is 1. The van der Waals surface area contributed by atoms with Crippen LogP contribution >= 0.6 is 0 Å². The maximum Gasteiger partial charge on any atom is 0.237 e. The van der Waals surface area contributed by atoms with E-state index in [2.05, 4.69) is 17.6 Å². The van der Waals surface area contributed by atoms with Crippen LogP contribution in [0.1, 0.15) is 45.4 Å². The standard InChI is InChI=1S/C14H25N3O2/c1-11-5-4-6-12(16-11)14(19)15-8-7-13(18)17-9-2-3-10-17/h11-12,16H,2-10H2,1H3,(H,15,19). The summed E-state index contributed by atoms with van der Waals surface area (Å²) in [5, 5.41) is 6.18. The number of nitrogens with zero attached hydrogens (tertiary/aromatic N) is 1. The Kier molecular flexibility index (Phi) is 5.19. The van der Waals surface area contributed by atoms with Crippen LogP contribution in [0, 0.1) is 0 Å². The van der Waals surface area contributed by atoms with E-state index in [1.165, 1.54) is 0 Å². The van der Waals surface area contributed by atoms with Gasteiger partial charge in [-0.1, -0.05) is 0 Å². The third-order valence-electron chi connectivity index (χ3n) is 4.03. The van der Waals surface area contributed by atoms with Crippen molar-refractivity contribution in [2.75, 3.05) is 19.6 Å². The Morgan fingerprint density at radius 2 is 1.95 bits per heavy atom. The van der Waals surface area contributed by atoms with Crippen molar-refractivity contribution in [3.8, 4) is 0 Å². The highest BCUT2D eigenvalue weighted by Crippen LogP contribution is 2.12. The van der Waals surface area contributed by atoms with Crippen LogP contribution in [0.5, 0.6) is 0 Å². The molecule has 0 spiro atoms. The fourth-order valence-corrected chi connectivity index (χ4v) is 2.89. The van der Waals surface area contributed by atoms with Crippen LogP contribution in [-0.2, 0) is 9.59 Å². The first-order chi connectivity index (χ1) is 9.16. The summed E-state index contributed by atoms with van der Waals surface area (Å²) in [5.74, 6) is 0.212. The number of amides is 2. The lowest BCUT2D eigenvalue weighted by Crippen LogP contribution is -2.50. The van der Waals surface area contributed by atoms with E-state index < -0.39 is 0 Å². The van der Waals surface area contributed by atoms with Crippen LogP contribution in [0.3, 0.4) is 0 Å². The highest BCUT2D eigenvalue weighted by molar-refractivity contribution is 5.83. The van der Waals surface area contributed by atoms with Gasteiger partial charge in [-0.25, -0.2) is 0 Å². The average molecular weight is 267 g/mol. The summed E-state index contributed by atoms with van der Waals surface area (Å²) in [7, 11) is 0. The molecular weight excluding hydrogens is 242 g/mol. The van der Waals surface area contributed by atoms with Gasteiger partial charge in [0.2, 0.25) is 11.8 Å². The zero-order chi connectivity index (χ0) is 13.7. The topological polar surface area (TPSA) is 61.4 Å². The van der Waals surface area contributed by atoms with Crippen LogP contribution in [0.25, 0.3) is 0 Å². The highest BCUT2D eigenvalue weighted by atomic mass is 16.2. The van der Waals surface area contributed by atoms with Crippen molar-refractivity contribution < 1.29 is 9.59 Å². The second kappa shape index (κ2) is 6.89. The summed E-state index contributed by atoms with van der Waals surface area (Å²) in [6.45, 7) is 4.33. The minimum Gasteiger partial charge on any atom is -0.354 e. The van der Waals surface area contributed by atoms with Gasteiger partial charge >= 0.3 is 0 Å². The normalized spacial score (nSPS) is 27.3. The van der Waals surface area contributed by atoms with E-state index in [1.807, 2.05) is 4.90 Å². The fourth-order valence-electron chi connectivity index (χ4n) is 2.89. The molecule has 5 heteroatoms. The van der Waals surface area contributed by atoms with E-state index in [0.717, 1.165) is 45.2 Å². The molecule has 108 valence electrons. The minimum absolute atomic E-state index is 0.0424. The molecule has 2 heterocycles. The van der Waals surface area contributed by atoms with E-state index in [-0.39, 0.29) is 17.9 Å². The molecule has 5 nitrogen and oxygen atoms in total. The lowest BCUT2D eigenvalue weighted by atomic mass is 9.99. The second-order valence-corrected chi connectivity index (χ2v) is 5.68. The summed E-state index contributed by atoms with van der Waals surface area (Å²) in [5.41, 5.74) is 0. The smallest absolute Gasteiger partial charge is 0.237 e. The van der Waals surface area contributed by atoms with Crippen molar-refractivity contribution in [3.63, 3.8) is 0 Å². The van der Waals surface area contributed by atoms with E-state index in [0.29, 0.717) is 19.0 Å². The van der Waals surface area contributed by atoms with Crippen LogP contribution in [-0.4, -0.2) is 48.4 Å². The lowest BCUT2D eigenvalue weighted by Gasteiger charge is -2.27. The first kappa shape index (κ1) is 14.3. The molecule has 0 radical (unpaired) electrons. The Balaban J connectivity index is 1.64. The van der Waals surface area contributed by atoms with Crippen molar-refractivity contribution in [1.82, 2.24) is 15.5 Å². The molecule has 19 heavy (non-hydrogen) atoms. The number of rotatable bonds is 4. The molecule has 2 saturated heterocycles. The molecule has 2 aliphatic heterocycles. The van der Waals surface area contributed by atoms with Gasteiger partial charge in [-0.2, -0.15) is 0 Å². The molecule has 0 saturated carbocycles. The Hall–Kier alpha value is -1.10. The molecule has 0 aromatic rings. The average Bonchev–Trinajstić information content (AvgIpc) is 2.92. The molecule has 2 atom stereocenters. The van der Waals surface area contributed by atoms with Gasteiger partial charge in [-0.15, -0.1) is 0 Å². The number of nitrogens with one attached hydrogen (secondary N) is 2. The molecule has 0 aliphatic carbocycles. The summed E-state index contributed by atoms with van der Waals surface area (Å²) in [6.07, 6.45) is 5.78. The van der Waals surface area contributed by atoms with E-state index in [4.69, 9.17) is 0 Å². The maximum atomic E-state index is 11.9. The minimum atomic E-state index is -0.0781. The summed E-state index contributed by atoms with van der Waals surface area (Å²) in [6, 6.07) is 0.335. The molecule has 2 unspecified atom stereocenters. The number of carbonyl (C=O) groups is 2. The SMILES string of the molecule is CC1CCCC(C(=O)NCCC(=O)N2CCCC2)N1. The molecule has 0 aromatic carbocycles. The maximum absolute atomic E-state index is 11.9. The third-order valence-corrected chi connectivity index (χ3v) is 4.03. The van der Waals surface area contributed by atoms with Gasteiger partial charge in [0.1, 0.15) is 0 Å². The zero-order valence-electron chi connectivity index (χ0n) is 11.8. The molecule has 2 aliphatic rings. The zero-order valence-corrected chi connectivity index (χ0v) is 11.8. The van der Waals surface area contributed by atoms with Crippen LogP contribution in [0.4, 0.5) is 0 Å². The van der Waals surface area contributed by atoms with Gasteiger partial charge in [0.25, 0.3) is 0 Å². The van der Waals surface area contributed by atoms with E-state index >= 15 is 0 Å². The summed E-state index contributed by atoms with van der Waals surface area (Å²) < 4.78 is 0. The van der Waals surface area contributed by atoms with Gasteiger partial charge in [0.15, 0.2) is 0 Å². The van der Waals surface area contributed by atoms with Gasteiger partial charge in [-0.3, -0.25) is 9.59 Å². The number of carbonyl (C=O) groups excluding carboxylic acids is 2. The van der Waals surface area contributed by atoms with Crippen LogP contribution in [0.15, 0.2) is 0 Å². The number of likely N-dealkylation sites (tertiary alicyclic amines) is 1. The van der Waals surface area contributed by atoms with Gasteiger partial charge in [0.05, 0.1) is 6.04 Å². The monoisotopic (exact) mass is 267 g/mol. The van der Waals surface area contributed by atoms with Gasteiger partial charge < -0.3 is 15.5 Å². The van der Waals surface area contributed by atoms with Crippen molar-refractivity contribution in [2.24, 2.45) is 0 Å². The highest BCUT2D eigenvalue weighted by Gasteiger charge is 2.24. The Labute approximate surface area is 115 Å². The van der Waals surface area contributed by atoms with Crippen LogP contribution in [0.2, 0.25) is 0 Å². The molecular formula is C14H25N3O2. The number of hydrogen-bond donors (Lipinski definition) is 2. The van der Waals surface area contributed by atoms with E-state index in [1.54, 1.807) is 0 Å². The first-order valence-electron chi connectivity index (χ1n) is 7.48. The summed E-state index contributed by atoms with van der Waals surface area (Å²) in [4.78, 5) is 25.7. The predicted molar refractivity (Wildman–Crippen MR) is 73.7 cm³/mol. The molecule has 2 N–H and O–H groups in total. The molecule has 2 amide bonds. The third kappa shape index (κ3) is 4.20. The molecule has 2 fully saturated rings. The predicted octanol–water partition coefficient (Wildman–Crippen LogP) is 0.646. The van der Waals surface area contributed by atoms with Crippen molar-refractivity contribution in [2.45, 2.75) is 57.5 Å². The summed E-state index contributed by atoms with van der Waals surface area (Å²) >= 11 is 0. The Morgan fingerprint density at radius 1 is 1.21 bits per heavy atom. The first-order valence-corrected chi connectivity index (χ1v) is 7.48. The quantitative estimate of drug-likeness (QED) is 0.786. The Bertz CT molecular complexity index is 327. The largest absolute Gasteiger partial charge is 0.354 e. The Morgan fingerprint density at radius 3 is 2.63 bits per heavy atom. The van der Waals surface area contributed by atoms with Crippen molar-refractivity contribution in [3.05, 3.63) is 0 Å². The number of hydrogen-bond acceptors (Lipinski definition) is 3. The van der Waals surface area contributed by atoms with E-state index in [9.17, 15) is 9.59 Å². The fraction of sp³-hybridized carbons (Fsp3) is 0.857. The van der Waals surface area contributed by atoms with Gasteiger partial charge in [0, 0.05) is 32.1 Å². The molecule has 0 aromatic heterocycles.